The number of methoxy groups -OCH3 is 1. The van der Waals surface area contributed by atoms with Crippen molar-refractivity contribution in [3.63, 3.8) is 0 Å². The summed E-state index contributed by atoms with van der Waals surface area (Å²) < 4.78 is 5.14. The highest BCUT2D eigenvalue weighted by Crippen LogP contribution is 2.09. The van der Waals surface area contributed by atoms with E-state index in [2.05, 4.69) is 24.1 Å². The molecule has 3 N–H and O–H groups in total. The minimum Gasteiger partial charge on any atom is -0.383 e. The second-order valence-corrected chi connectivity index (χ2v) is 4.53. The summed E-state index contributed by atoms with van der Waals surface area (Å²) in [6.07, 6.45) is 2.97. The number of likely N-dealkylation sites (N-methyl/N-ethyl adjacent to an activating group) is 1. The molecule has 5 heteroatoms. The summed E-state index contributed by atoms with van der Waals surface area (Å²) >= 11 is 0. The van der Waals surface area contributed by atoms with Crippen LogP contribution in [0.15, 0.2) is 0 Å². The van der Waals surface area contributed by atoms with Crippen molar-refractivity contribution in [3.8, 4) is 0 Å². The van der Waals surface area contributed by atoms with E-state index in [0.29, 0.717) is 6.04 Å². The first-order valence-corrected chi connectivity index (χ1v) is 6.80. The molecule has 0 aliphatic heterocycles. The van der Waals surface area contributed by atoms with Gasteiger partial charge in [-0.3, -0.25) is 9.69 Å². The van der Waals surface area contributed by atoms with Gasteiger partial charge in [0.05, 0.1) is 12.6 Å². The van der Waals surface area contributed by atoms with Crippen LogP contribution >= 0.6 is 0 Å². The number of ether oxygens (including phenoxy) is 1. The zero-order valence-electron chi connectivity index (χ0n) is 12.2. The summed E-state index contributed by atoms with van der Waals surface area (Å²) in [4.78, 5) is 13.6. The van der Waals surface area contributed by atoms with Crippen LogP contribution in [0.2, 0.25) is 0 Å². The highest BCUT2D eigenvalue weighted by atomic mass is 16.5. The van der Waals surface area contributed by atoms with Crippen molar-refractivity contribution < 1.29 is 9.53 Å². The van der Waals surface area contributed by atoms with E-state index < -0.39 is 0 Å². The Bertz CT molecular complexity index is 220. The van der Waals surface area contributed by atoms with Crippen molar-refractivity contribution in [1.29, 1.82) is 0 Å². The van der Waals surface area contributed by atoms with Crippen LogP contribution in [0.4, 0.5) is 0 Å². The van der Waals surface area contributed by atoms with E-state index in [9.17, 15) is 4.79 Å². The Hall–Kier alpha value is -0.650. The molecular formula is C13H29N3O2. The molecule has 1 atom stereocenters. The lowest BCUT2D eigenvalue weighted by Crippen LogP contribution is -2.44. The third-order valence-corrected chi connectivity index (χ3v) is 3.44. The summed E-state index contributed by atoms with van der Waals surface area (Å²) in [5.41, 5.74) is 5.33. The fraction of sp³-hybridized carbons (Fsp3) is 0.923. The monoisotopic (exact) mass is 259 g/mol. The summed E-state index contributed by atoms with van der Waals surface area (Å²) in [5, 5.41) is 2.96. The highest BCUT2D eigenvalue weighted by molar-refractivity contribution is 5.79. The molecule has 0 radical (unpaired) electrons. The van der Waals surface area contributed by atoms with Gasteiger partial charge in [-0.15, -0.1) is 0 Å². The zero-order valence-corrected chi connectivity index (χ0v) is 12.2. The van der Waals surface area contributed by atoms with E-state index >= 15 is 0 Å². The Morgan fingerprint density at radius 2 is 1.94 bits per heavy atom. The van der Waals surface area contributed by atoms with E-state index in [1.807, 2.05) is 0 Å². The molecule has 0 fully saturated rings. The maximum absolute atomic E-state index is 11.2. The van der Waals surface area contributed by atoms with E-state index in [1.54, 1.807) is 14.2 Å². The van der Waals surface area contributed by atoms with Crippen molar-refractivity contribution in [1.82, 2.24) is 10.2 Å². The Balaban J connectivity index is 4.33. The Labute approximate surface area is 111 Å². The van der Waals surface area contributed by atoms with Crippen molar-refractivity contribution in [2.45, 2.75) is 45.2 Å². The van der Waals surface area contributed by atoms with Crippen LogP contribution in [0.3, 0.4) is 0 Å². The smallest absolute Gasteiger partial charge is 0.234 e. The lowest BCUT2D eigenvalue weighted by atomic mass is 10.1. The first-order chi connectivity index (χ1) is 8.60. The number of nitrogens with one attached hydrogen (secondary N) is 1. The molecule has 0 aliphatic carbocycles. The van der Waals surface area contributed by atoms with E-state index in [4.69, 9.17) is 10.5 Å². The van der Waals surface area contributed by atoms with Gasteiger partial charge in [-0.2, -0.15) is 0 Å². The molecule has 0 rings (SSSR count). The molecule has 0 heterocycles. The van der Waals surface area contributed by atoms with Gasteiger partial charge in [0.1, 0.15) is 0 Å². The second kappa shape index (κ2) is 10.3. The molecule has 18 heavy (non-hydrogen) atoms. The minimum absolute atomic E-state index is 0.246. The minimum atomic E-state index is -0.284. The van der Waals surface area contributed by atoms with Gasteiger partial charge in [0.25, 0.3) is 0 Å². The lowest BCUT2D eigenvalue weighted by molar-refractivity contribution is -0.120. The number of rotatable bonds is 11. The third kappa shape index (κ3) is 6.33. The van der Waals surface area contributed by atoms with Crippen LogP contribution in [-0.4, -0.2) is 56.7 Å². The number of hydrogen-bond donors (Lipinski definition) is 2. The van der Waals surface area contributed by atoms with Crippen LogP contribution < -0.4 is 11.1 Å². The van der Waals surface area contributed by atoms with Crippen molar-refractivity contribution >= 4 is 5.91 Å². The number of nitrogens with zero attached hydrogens (tertiary/aromatic N) is 1. The van der Waals surface area contributed by atoms with Gasteiger partial charge < -0.3 is 15.8 Å². The molecule has 1 unspecified atom stereocenters. The Morgan fingerprint density at radius 3 is 2.33 bits per heavy atom. The van der Waals surface area contributed by atoms with Crippen LogP contribution in [-0.2, 0) is 9.53 Å². The largest absolute Gasteiger partial charge is 0.383 e. The molecule has 0 aromatic carbocycles. The van der Waals surface area contributed by atoms with Gasteiger partial charge in [-0.25, -0.2) is 0 Å². The molecule has 0 aliphatic rings. The molecule has 0 aromatic heterocycles. The normalized spacial score (nSPS) is 13.2. The molecule has 108 valence electrons. The molecule has 1 amide bonds. The molecule has 0 bridgehead atoms. The van der Waals surface area contributed by atoms with Gasteiger partial charge in [0.2, 0.25) is 5.91 Å². The standard InChI is InChI=1S/C13H29N3O2/c1-5-11(6-2)16(9-10-18-4)8-7-12(15-3)13(14)17/h11-12,15H,5-10H2,1-4H3,(H2,14,17). The molecule has 0 aromatic rings. The number of primary amides is 1. The summed E-state index contributed by atoms with van der Waals surface area (Å²) in [6.45, 7) is 6.87. The van der Waals surface area contributed by atoms with Crippen molar-refractivity contribution in [2.24, 2.45) is 5.73 Å². The van der Waals surface area contributed by atoms with Crippen molar-refractivity contribution in [3.05, 3.63) is 0 Å². The van der Waals surface area contributed by atoms with Crippen molar-refractivity contribution in [2.75, 3.05) is 33.9 Å². The lowest BCUT2D eigenvalue weighted by Gasteiger charge is -2.31. The first-order valence-electron chi connectivity index (χ1n) is 6.80. The maximum Gasteiger partial charge on any atom is 0.234 e. The van der Waals surface area contributed by atoms with E-state index in [0.717, 1.165) is 39.0 Å². The first kappa shape index (κ1) is 17.4. The fourth-order valence-corrected chi connectivity index (χ4v) is 2.21. The summed E-state index contributed by atoms with van der Waals surface area (Å²) in [5.74, 6) is -0.284. The zero-order chi connectivity index (χ0) is 14.0. The van der Waals surface area contributed by atoms with Crippen LogP contribution in [0.1, 0.15) is 33.1 Å². The van der Waals surface area contributed by atoms with Gasteiger partial charge >= 0.3 is 0 Å². The third-order valence-electron chi connectivity index (χ3n) is 3.44. The van der Waals surface area contributed by atoms with Gasteiger partial charge in [-0.05, 0) is 26.3 Å². The number of hydrogen-bond acceptors (Lipinski definition) is 4. The van der Waals surface area contributed by atoms with Crippen LogP contribution in [0.25, 0.3) is 0 Å². The van der Waals surface area contributed by atoms with E-state index in [-0.39, 0.29) is 11.9 Å². The Kier molecular flexibility index (Phi) is 9.92. The average molecular weight is 259 g/mol. The average Bonchev–Trinajstić information content (AvgIpc) is 2.36. The SMILES string of the molecule is CCC(CC)N(CCOC)CCC(NC)C(N)=O. The molecule has 0 saturated heterocycles. The fourth-order valence-electron chi connectivity index (χ4n) is 2.21. The summed E-state index contributed by atoms with van der Waals surface area (Å²) in [7, 11) is 3.48. The Morgan fingerprint density at radius 1 is 1.33 bits per heavy atom. The van der Waals surface area contributed by atoms with Gasteiger partial charge in [0.15, 0.2) is 0 Å². The topological polar surface area (TPSA) is 67.6 Å². The quantitative estimate of drug-likeness (QED) is 0.570. The molecular weight excluding hydrogens is 230 g/mol. The van der Waals surface area contributed by atoms with E-state index in [1.165, 1.54) is 0 Å². The van der Waals surface area contributed by atoms with Gasteiger partial charge in [-0.1, -0.05) is 13.8 Å². The van der Waals surface area contributed by atoms with Gasteiger partial charge in [0, 0.05) is 26.2 Å². The van der Waals surface area contributed by atoms with Crippen LogP contribution in [0.5, 0.6) is 0 Å². The molecule has 0 saturated carbocycles. The number of carbonyl (C=O) groups is 1. The number of carbonyl (C=O) groups excluding carboxylic acids is 1. The number of amides is 1. The second-order valence-electron chi connectivity index (χ2n) is 4.53. The molecule has 5 nitrogen and oxygen atoms in total. The molecule has 0 spiro atoms. The highest BCUT2D eigenvalue weighted by Gasteiger charge is 2.18. The number of nitrogens with two attached hydrogens (primary N) is 1. The predicted octanol–water partition coefficient (Wildman–Crippen LogP) is 0.587. The maximum atomic E-state index is 11.2. The van der Waals surface area contributed by atoms with Crippen LogP contribution in [0, 0.1) is 0 Å². The summed E-state index contributed by atoms with van der Waals surface area (Å²) in [6, 6.07) is 0.301. The predicted molar refractivity (Wildman–Crippen MR) is 74.5 cm³/mol.